The van der Waals surface area contributed by atoms with Gasteiger partial charge in [0.25, 0.3) is 0 Å². The van der Waals surface area contributed by atoms with E-state index in [1.807, 2.05) is 18.2 Å². The molecule has 0 aliphatic rings. The molecule has 0 bridgehead atoms. The van der Waals surface area contributed by atoms with E-state index in [0.29, 0.717) is 0 Å². The molecule has 0 saturated heterocycles. The lowest BCUT2D eigenvalue weighted by atomic mass is 9.99. The number of benzene rings is 2. The number of aryl methyl sites for hydroxylation is 1. The topological polar surface area (TPSA) is 52.0 Å². The summed E-state index contributed by atoms with van der Waals surface area (Å²) in [6.07, 6.45) is 10.4. The van der Waals surface area contributed by atoms with Crippen LogP contribution in [0.5, 0.6) is 0 Å². The summed E-state index contributed by atoms with van der Waals surface area (Å²) in [5.74, 6) is 0. The normalized spacial score (nSPS) is 11.1. The van der Waals surface area contributed by atoms with Gasteiger partial charge in [0, 0.05) is 11.4 Å². The van der Waals surface area contributed by atoms with Crippen LogP contribution in [0.2, 0.25) is 0 Å². The molecule has 2 rings (SSSR count). The fourth-order valence-electron chi connectivity index (χ4n) is 2.87. The van der Waals surface area contributed by atoms with Crippen molar-refractivity contribution >= 4 is 22.1 Å². The van der Waals surface area contributed by atoms with Crippen LogP contribution in [0.25, 0.3) is 10.8 Å². The Morgan fingerprint density at radius 1 is 0.762 bits per heavy atom. The summed E-state index contributed by atoms with van der Waals surface area (Å²) in [5, 5.41) is 2.37. The average molecular weight is 284 g/mol. The van der Waals surface area contributed by atoms with Crippen LogP contribution >= 0.6 is 0 Å². The molecule has 114 valence electrons. The summed E-state index contributed by atoms with van der Waals surface area (Å²) in [6, 6.07) is 10.3. The lowest BCUT2D eigenvalue weighted by Gasteiger charge is -2.09. The Hall–Kier alpha value is -1.70. The van der Waals surface area contributed by atoms with Gasteiger partial charge in [-0.15, -0.1) is 0 Å². The van der Waals surface area contributed by atoms with Gasteiger partial charge in [0.1, 0.15) is 0 Å². The molecular weight excluding hydrogens is 256 g/mol. The molecule has 4 N–H and O–H groups in total. The molecule has 2 heteroatoms. The Labute approximate surface area is 128 Å². The minimum absolute atomic E-state index is 0.814. The van der Waals surface area contributed by atoms with Crippen LogP contribution < -0.4 is 11.5 Å². The molecule has 2 aromatic rings. The van der Waals surface area contributed by atoms with Crippen molar-refractivity contribution in [1.82, 2.24) is 0 Å². The van der Waals surface area contributed by atoms with Gasteiger partial charge in [0.15, 0.2) is 0 Å². The molecule has 0 aliphatic carbocycles. The molecule has 0 aliphatic heterocycles. The minimum atomic E-state index is 0.814. The lowest BCUT2D eigenvalue weighted by molar-refractivity contribution is 0.589. The molecule has 0 radical (unpaired) electrons. The monoisotopic (exact) mass is 284 g/mol. The van der Waals surface area contributed by atoms with Crippen molar-refractivity contribution in [2.24, 2.45) is 0 Å². The highest BCUT2D eigenvalue weighted by Gasteiger charge is 2.03. The van der Waals surface area contributed by atoms with E-state index in [0.717, 1.165) is 17.8 Å². The summed E-state index contributed by atoms with van der Waals surface area (Å²) in [5.41, 5.74) is 15.0. The van der Waals surface area contributed by atoms with E-state index >= 15 is 0 Å². The first-order valence-electron chi connectivity index (χ1n) is 8.28. The molecular formula is C19H28N2. The number of hydrogen-bond donors (Lipinski definition) is 2. The second-order valence-electron chi connectivity index (χ2n) is 6.03. The van der Waals surface area contributed by atoms with Crippen molar-refractivity contribution in [3.05, 3.63) is 35.9 Å². The van der Waals surface area contributed by atoms with Gasteiger partial charge in [-0.2, -0.15) is 0 Å². The molecule has 0 fully saturated rings. The summed E-state index contributed by atoms with van der Waals surface area (Å²) in [4.78, 5) is 0. The highest BCUT2D eigenvalue weighted by Crippen LogP contribution is 2.25. The Balaban J connectivity index is 1.88. The number of hydrogen-bond acceptors (Lipinski definition) is 2. The summed E-state index contributed by atoms with van der Waals surface area (Å²) < 4.78 is 0. The van der Waals surface area contributed by atoms with Crippen LogP contribution in [0.1, 0.15) is 57.4 Å². The number of anilines is 2. The minimum Gasteiger partial charge on any atom is -0.399 e. The van der Waals surface area contributed by atoms with Crippen LogP contribution in [-0.2, 0) is 6.42 Å². The summed E-state index contributed by atoms with van der Waals surface area (Å²) in [6.45, 7) is 2.26. The first kappa shape index (κ1) is 15.7. The van der Waals surface area contributed by atoms with Crippen molar-refractivity contribution in [3.63, 3.8) is 0 Å². The molecule has 0 aromatic heterocycles. The maximum Gasteiger partial charge on any atom is 0.0352 e. The maximum atomic E-state index is 6.17. The van der Waals surface area contributed by atoms with Crippen LogP contribution in [0, 0.1) is 0 Å². The fourth-order valence-corrected chi connectivity index (χ4v) is 2.87. The lowest BCUT2D eigenvalue weighted by Crippen LogP contribution is -1.96. The van der Waals surface area contributed by atoms with Crippen molar-refractivity contribution in [2.45, 2.75) is 58.3 Å². The Morgan fingerprint density at radius 2 is 1.48 bits per heavy atom. The molecule has 0 saturated carbocycles. The first-order valence-corrected chi connectivity index (χ1v) is 8.28. The largest absolute Gasteiger partial charge is 0.399 e. The molecule has 0 unspecified atom stereocenters. The van der Waals surface area contributed by atoms with Gasteiger partial charge in [-0.1, -0.05) is 51.5 Å². The highest BCUT2D eigenvalue weighted by atomic mass is 14.6. The quantitative estimate of drug-likeness (QED) is 0.510. The maximum absolute atomic E-state index is 6.17. The Morgan fingerprint density at radius 3 is 2.24 bits per heavy atom. The number of nitrogen functional groups attached to an aromatic ring is 2. The van der Waals surface area contributed by atoms with E-state index < -0.39 is 0 Å². The molecule has 0 atom stereocenters. The fraction of sp³-hybridized carbons (Fsp3) is 0.474. The van der Waals surface area contributed by atoms with Gasteiger partial charge in [-0.05, 0) is 53.4 Å². The highest BCUT2D eigenvalue weighted by molar-refractivity contribution is 5.89. The number of nitrogens with two attached hydrogens (primary N) is 2. The van der Waals surface area contributed by atoms with Crippen molar-refractivity contribution < 1.29 is 0 Å². The van der Waals surface area contributed by atoms with Gasteiger partial charge < -0.3 is 11.5 Å². The number of fused-ring (bicyclic) bond motifs is 1. The van der Waals surface area contributed by atoms with E-state index in [1.54, 1.807) is 0 Å². The average Bonchev–Trinajstić information content (AvgIpc) is 2.47. The van der Waals surface area contributed by atoms with E-state index in [2.05, 4.69) is 19.1 Å². The third-order valence-corrected chi connectivity index (χ3v) is 4.17. The van der Waals surface area contributed by atoms with E-state index in [4.69, 9.17) is 11.5 Å². The van der Waals surface area contributed by atoms with Crippen molar-refractivity contribution in [2.75, 3.05) is 11.5 Å². The Kier molecular flexibility index (Phi) is 5.91. The smallest absolute Gasteiger partial charge is 0.0352 e. The van der Waals surface area contributed by atoms with Gasteiger partial charge in [-0.25, -0.2) is 0 Å². The zero-order valence-electron chi connectivity index (χ0n) is 13.2. The number of unbranched alkanes of at least 4 members (excludes halogenated alkanes) is 6. The molecule has 0 heterocycles. The van der Waals surface area contributed by atoms with Crippen LogP contribution in [-0.4, -0.2) is 0 Å². The van der Waals surface area contributed by atoms with E-state index in [-0.39, 0.29) is 0 Å². The van der Waals surface area contributed by atoms with Crippen LogP contribution in [0.15, 0.2) is 30.3 Å². The van der Waals surface area contributed by atoms with Crippen molar-refractivity contribution in [1.29, 1.82) is 0 Å². The summed E-state index contributed by atoms with van der Waals surface area (Å²) >= 11 is 0. The van der Waals surface area contributed by atoms with Crippen LogP contribution in [0.4, 0.5) is 11.4 Å². The van der Waals surface area contributed by atoms with Crippen LogP contribution in [0.3, 0.4) is 0 Å². The first-order chi connectivity index (χ1) is 10.2. The predicted octanol–water partition coefficient (Wildman–Crippen LogP) is 5.30. The SMILES string of the molecule is CCCCCCCCCc1cc2cc(N)ccc2cc1N. The second-order valence-corrected chi connectivity index (χ2v) is 6.03. The van der Waals surface area contributed by atoms with Gasteiger partial charge >= 0.3 is 0 Å². The molecule has 2 nitrogen and oxygen atoms in total. The zero-order valence-corrected chi connectivity index (χ0v) is 13.2. The molecule has 21 heavy (non-hydrogen) atoms. The summed E-state index contributed by atoms with van der Waals surface area (Å²) in [7, 11) is 0. The van der Waals surface area contributed by atoms with Gasteiger partial charge in [-0.3, -0.25) is 0 Å². The standard InChI is InChI=1S/C19H28N2/c1-2-3-4-5-6-7-8-9-16-12-17-13-18(20)11-10-15(17)14-19(16)21/h10-14H,2-9,20-21H2,1H3. The molecule has 0 spiro atoms. The third kappa shape index (κ3) is 4.66. The predicted molar refractivity (Wildman–Crippen MR) is 94.5 cm³/mol. The van der Waals surface area contributed by atoms with Gasteiger partial charge in [0.05, 0.1) is 0 Å². The zero-order chi connectivity index (χ0) is 15.1. The Bertz CT molecular complexity index is 575. The number of rotatable bonds is 8. The molecule has 2 aromatic carbocycles. The third-order valence-electron chi connectivity index (χ3n) is 4.17. The van der Waals surface area contributed by atoms with E-state index in [1.165, 1.54) is 61.3 Å². The van der Waals surface area contributed by atoms with Crippen molar-refractivity contribution in [3.8, 4) is 0 Å². The van der Waals surface area contributed by atoms with Gasteiger partial charge in [0.2, 0.25) is 0 Å². The van der Waals surface area contributed by atoms with E-state index in [9.17, 15) is 0 Å². The molecule has 0 amide bonds. The second kappa shape index (κ2) is 7.92.